The Labute approximate surface area is 167 Å². The number of imidazole rings is 1. The Morgan fingerprint density at radius 2 is 2.15 bits per heavy atom. The van der Waals surface area contributed by atoms with E-state index in [1.807, 2.05) is 48.0 Å². The molecule has 0 saturated heterocycles. The lowest BCUT2D eigenvalue weighted by molar-refractivity contribution is -0.117. The van der Waals surface area contributed by atoms with Gasteiger partial charge in [-0.1, -0.05) is 30.3 Å². The first-order chi connectivity index (χ1) is 13.1. The Kier molecular flexibility index (Phi) is 4.94. The minimum Gasteiger partial charge on any atom is -0.346 e. The van der Waals surface area contributed by atoms with Gasteiger partial charge in [-0.15, -0.1) is 0 Å². The van der Waals surface area contributed by atoms with Gasteiger partial charge in [0.25, 0.3) is 0 Å². The van der Waals surface area contributed by atoms with E-state index in [0.29, 0.717) is 0 Å². The lowest BCUT2D eigenvalue weighted by Crippen LogP contribution is -2.25. The van der Waals surface area contributed by atoms with E-state index in [0.717, 1.165) is 34.3 Å². The highest BCUT2D eigenvalue weighted by Crippen LogP contribution is 2.30. The average molecular weight is 422 g/mol. The molecule has 27 heavy (non-hydrogen) atoms. The number of benzene rings is 2. The molecule has 2 aromatic carbocycles. The number of carbonyl (C=O) groups is 1. The normalized spacial score (nSPS) is 15.9. The first-order valence-corrected chi connectivity index (χ1v) is 9.76. The van der Waals surface area contributed by atoms with Gasteiger partial charge < -0.3 is 9.88 Å². The molecule has 0 bridgehead atoms. The van der Waals surface area contributed by atoms with Crippen LogP contribution in [-0.2, 0) is 11.2 Å². The van der Waals surface area contributed by atoms with E-state index in [1.165, 1.54) is 11.1 Å². The van der Waals surface area contributed by atoms with Crippen molar-refractivity contribution in [2.24, 2.45) is 0 Å². The highest BCUT2D eigenvalue weighted by molar-refractivity contribution is 9.10. The van der Waals surface area contributed by atoms with Gasteiger partial charge in [0.1, 0.15) is 0 Å². The van der Waals surface area contributed by atoms with E-state index in [1.54, 1.807) is 12.4 Å². The summed E-state index contributed by atoms with van der Waals surface area (Å²) >= 11 is 3.61. The summed E-state index contributed by atoms with van der Waals surface area (Å²) in [7, 11) is 0. The number of aromatic nitrogens is 2. The van der Waals surface area contributed by atoms with Gasteiger partial charge in [-0.3, -0.25) is 4.79 Å². The third-order valence-electron chi connectivity index (χ3n) is 4.84. The fraction of sp³-hybridized carbons (Fsp3) is 0.182. The van der Waals surface area contributed by atoms with Gasteiger partial charge in [0.05, 0.1) is 23.8 Å². The molecule has 1 heterocycles. The quantitative estimate of drug-likeness (QED) is 0.617. The fourth-order valence-corrected chi connectivity index (χ4v) is 4.09. The number of amides is 1. The molecule has 1 unspecified atom stereocenters. The molecule has 4 nitrogen and oxygen atoms in total. The van der Waals surface area contributed by atoms with Crippen LogP contribution in [0.15, 0.2) is 65.5 Å². The fourth-order valence-electron chi connectivity index (χ4n) is 3.49. The Bertz CT molecular complexity index is 1020. The van der Waals surface area contributed by atoms with Crippen molar-refractivity contribution in [3.05, 3.63) is 87.9 Å². The number of aryl methyl sites for hydroxylation is 2. The topological polar surface area (TPSA) is 46.9 Å². The number of nitrogens with zero attached hydrogens (tertiary/aromatic N) is 2. The molecular formula is C22H20BrN3O. The first-order valence-electron chi connectivity index (χ1n) is 8.97. The summed E-state index contributed by atoms with van der Waals surface area (Å²) in [5, 5.41) is 3.11. The van der Waals surface area contributed by atoms with Crippen molar-refractivity contribution < 1.29 is 4.79 Å². The lowest BCUT2D eigenvalue weighted by Gasteiger charge is -2.12. The Hall–Kier alpha value is -2.66. The van der Waals surface area contributed by atoms with E-state index in [4.69, 9.17) is 0 Å². The molecule has 0 aliphatic heterocycles. The van der Waals surface area contributed by atoms with Crippen LogP contribution in [-0.4, -0.2) is 15.5 Å². The minimum absolute atomic E-state index is 0.0675. The third kappa shape index (κ3) is 3.88. The zero-order valence-corrected chi connectivity index (χ0v) is 16.6. The molecule has 0 radical (unpaired) electrons. The van der Waals surface area contributed by atoms with Crippen molar-refractivity contribution in [1.29, 1.82) is 0 Å². The molecule has 1 amide bonds. The molecule has 3 aromatic rings. The van der Waals surface area contributed by atoms with Crippen molar-refractivity contribution in [2.45, 2.75) is 25.8 Å². The van der Waals surface area contributed by atoms with Crippen molar-refractivity contribution in [2.75, 3.05) is 0 Å². The molecule has 0 saturated carbocycles. The van der Waals surface area contributed by atoms with Gasteiger partial charge in [-0.25, -0.2) is 4.98 Å². The standard InChI is InChI=1S/C22H20BrN3O/c1-15-13-26(14-24-15)21-10-6-16(12-19(21)23)7-11-22(27)25-20-9-8-17-4-2-3-5-18(17)20/h2-7,10-14,20H,8-9H2,1H3,(H,25,27). The van der Waals surface area contributed by atoms with E-state index in [-0.39, 0.29) is 11.9 Å². The monoisotopic (exact) mass is 421 g/mol. The van der Waals surface area contributed by atoms with Crippen LogP contribution in [0.2, 0.25) is 0 Å². The number of nitrogens with one attached hydrogen (secondary N) is 1. The number of fused-ring (bicyclic) bond motifs is 1. The predicted molar refractivity (Wildman–Crippen MR) is 111 cm³/mol. The van der Waals surface area contributed by atoms with Crippen LogP contribution in [0, 0.1) is 6.92 Å². The smallest absolute Gasteiger partial charge is 0.244 e. The molecule has 136 valence electrons. The second-order valence-corrected chi connectivity index (χ2v) is 7.62. The van der Waals surface area contributed by atoms with Crippen LogP contribution in [0.25, 0.3) is 11.8 Å². The molecule has 1 aromatic heterocycles. The minimum atomic E-state index is -0.0675. The van der Waals surface area contributed by atoms with Gasteiger partial charge in [0, 0.05) is 16.7 Å². The summed E-state index contributed by atoms with van der Waals surface area (Å²) in [5.41, 5.74) is 5.52. The van der Waals surface area contributed by atoms with Crippen LogP contribution in [0.5, 0.6) is 0 Å². The highest BCUT2D eigenvalue weighted by Gasteiger charge is 2.22. The van der Waals surface area contributed by atoms with Crippen molar-refractivity contribution in [3.8, 4) is 5.69 Å². The maximum atomic E-state index is 12.3. The van der Waals surface area contributed by atoms with Gasteiger partial charge in [-0.2, -0.15) is 0 Å². The Morgan fingerprint density at radius 1 is 1.30 bits per heavy atom. The second-order valence-electron chi connectivity index (χ2n) is 6.77. The Balaban J connectivity index is 1.44. The molecule has 0 fully saturated rings. The molecule has 1 atom stereocenters. The molecular weight excluding hydrogens is 402 g/mol. The van der Waals surface area contributed by atoms with Crippen LogP contribution in [0.4, 0.5) is 0 Å². The Morgan fingerprint density at radius 3 is 2.93 bits per heavy atom. The van der Waals surface area contributed by atoms with Crippen LogP contribution < -0.4 is 5.32 Å². The SMILES string of the molecule is Cc1cn(-c2ccc(C=CC(=O)NC3CCc4ccccc43)cc2Br)cn1. The number of carbonyl (C=O) groups excluding carboxylic acids is 1. The zero-order valence-electron chi connectivity index (χ0n) is 15.0. The molecule has 0 spiro atoms. The first kappa shape index (κ1) is 17.7. The van der Waals surface area contributed by atoms with Gasteiger partial charge in [0.15, 0.2) is 0 Å². The van der Waals surface area contributed by atoms with Gasteiger partial charge in [-0.05, 0) is 70.6 Å². The second kappa shape index (κ2) is 7.53. The number of hydrogen-bond acceptors (Lipinski definition) is 2. The maximum absolute atomic E-state index is 12.3. The van der Waals surface area contributed by atoms with Crippen molar-refractivity contribution in [1.82, 2.24) is 14.9 Å². The summed E-state index contributed by atoms with van der Waals surface area (Å²) in [6, 6.07) is 14.4. The van der Waals surface area contributed by atoms with Gasteiger partial charge >= 0.3 is 0 Å². The molecule has 4 rings (SSSR count). The zero-order chi connectivity index (χ0) is 18.8. The number of hydrogen-bond donors (Lipinski definition) is 1. The maximum Gasteiger partial charge on any atom is 0.244 e. The van der Waals surface area contributed by atoms with Crippen LogP contribution >= 0.6 is 15.9 Å². The van der Waals surface area contributed by atoms with Crippen molar-refractivity contribution >= 4 is 27.9 Å². The highest BCUT2D eigenvalue weighted by atomic mass is 79.9. The summed E-state index contributed by atoms with van der Waals surface area (Å²) in [6.45, 7) is 1.96. The summed E-state index contributed by atoms with van der Waals surface area (Å²) in [5.74, 6) is -0.0675. The van der Waals surface area contributed by atoms with E-state index >= 15 is 0 Å². The summed E-state index contributed by atoms with van der Waals surface area (Å²) in [4.78, 5) is 16.6. The molecule has 1 aliphatic rings. The number of rotatable bonds is 4. The summed E-state index contributed by atoms with van der Waals surface area (Å²) in [6.07, 6.45) is 9.18. The van der Waals surface area contributed by atoms with Crippen LogP contribution in [0.3, 0.4) is 0 Å². The molecule has 1 N–H and O–H groups in total. The number of halogens is 1. The third-order valence-corrected chi connectivity index (χ3v) is 5.47. The largest absolute Gasteiger partial charge is 0.346 e. The molecule has 1 aliphatic carbocycles. The van der Waals surface area contributed by atoms with E-state index in [9.17, 15) is 4.79 Å². The van der Waals surface area contributed by atoms with Crippen molar-refractivity contribution in [3.63, 3.8) is 0 Å². The van der Waals surface area contributed by atoms with Crippen LogP contribution in [0.1, 0.15) is 34.8 Å². The molecule has 5 heteroatoms. The van der Waals surface area contributed by atoms with Gasteiger partial charge in [0.2, 0.25) is 5.91 Å². The van der Waals surface area contributed by atoms with E-state index < -0.39 is 0 Å². The predicted octanol–water partition coefficient (Wildman–Crippen LogP) is 4.76. The van der Waals surface area contributed by atoms with E-state index in [2.05, 4.69) is 44.4 Å². The average Bonchev–Trinajstić information content (AvgIpc) is 3.27. The lowest BCUT2D eigenvalue weighted by atomic mass is 10.1. The summed E-state index contributed by atoms with van der Waals surface area (Å²) < 4.78 is 2.92.